The number of aryl methyl sites for hydroxylation is 1. The van der Waals surface area contributed by atoms with Crippen molar-refractivity contribution in [1.82, 2.24) is 4.90 Å². The largest absolute Gasteiger partial charge is 0.395 e. The predicted octanol–water partition coefficient (Wildman–Crippen LogP) is 2.58. The summed E-state index contributed by atoms with van der Waals surface area (Å²) in [5.74, 6) is 0. The summed E-state index contributed by atoms with van der Waals surface area (Å²) in [6, 6.07) is 6.42. The lowest BCUT2D eigenvalue weighted by molar-refractivity contribution is 0.185. The molecule has 1 heterocycles. The van der Waals surface area contributed by atoms with Crippen LogP contribution in [-0.4, -0.2) is 48.3 Å². The molecule has 1 aliphatic heterocycles. The van der Waals surface area contributed by atoms with E-state index in [0.717, 1.165) is 37.2 Å². The average Bonchev–Trinajstić information content (AvgIpc) is 3.19. The van der Waals surface area contributed by atoms with E-state index in [1.165, 1.54) is 18.5 Å². The maximum absolute atomic E-state index is 12.4. The number of nitrogens with one attached hydrogen (secondary N) is 1. The molecule has 5 heteroatoms. The topological polar surface area (TPSA) is 55.8 Å². The van der Waals surface area contributed by atoms with E-state index in [1.807, 2.05) is 13.0 Å². The smallest absolute Gasteiger partial charge is 0.322 e. The summed E-state index contributed by atoms with van der Waals surface area (Å²) in [7, 11) is 0. The molecule has 0 bridgehead atoms. The zero-order valence-electron chi connectivity index (χ0n) is 13.2. The molecule has 0 radical (unpaired) electrons. The van der Waals surface area contributed by atoms with Crippen molar-refractivity contribution in [1.29, 1.82) is 0 Å². The van der Waals surface area contributed by atoms with Crippen molar-refractivity contribution in [2.24, 2.45) is 0 Å². The van der Waals surface area contributed by atoms with Crippen molar-refractivity contribution in [3.63, 3.8) is 0 Å². The lowest BCUT2D eigenvalue weighted by Gasteiger charge is -2.23. The number of benzene rings is 1. The van der Waals surface area contributed by atoms with Crippen LogP contribution < -0.4 is 10.2 Å². The normalized spacial score (nSPS) is 17.6. The zero-order valence-corrected chi connectivity index (χ0v) is 13.2. The molecule has 2 fully saturated rings. The molecule has 0 spiro atoms. The van der Waals surface area contributed by atoms with E-state index in [9.17, 15) is 4.79 Å². The van der Waals surface area contributed by atoms with Gasteiger partial charge in [0.05, 0.1) is 6.61 Å². The third-order valence-electron chi connectivity index (χ3n) is 4.51. The van der Waals surface area contributed by atoms with Crippen LogP contribution in [-0.2, 0) is 0 Å². The van der Waals surface area contributed by atoms with E-state index < -0.39 is 0 Å². The number of nitrogens with zero attached hydrogens (tertiary/aromatic N) is 2. The molecule has 2 aliphatic rings. The van der Waals surface area contributed by atoms with Crippen LogP contribution in [0.5, 0.6) is 0 Å². The minimum atomic E-state index is -0.103. The summed E-state index contributed by atoms with van der Waals surface area (Å²) < 4.78 is 0. The monoisotopic (exact) mass is 303 g/mol. The van der Waals surface area contributed by atoms with E-state index in [2.05, 4.69) is 22.3 Å². The molecule has 1 aromatic carbocycles. The fourth-order valence-corrected chi connectivity index (χ4v) is 3.09. The van der Waals surface area contributed by atoms with Crippen molar-refractivity contribution >= 4 is 17.4 Å². The SMILES string of the molecule is Cc1cc(N2CCCC2)ccc1NC(=O)N(CCO)C1CC1. The van der Waals surface area contributed by atoms with Gasteiger partial charge in [0.25, 0.3) is 0 Å². The van der Waals surface area contributed by atoms with Gasteiger partial charge < -0.3 is 20.2 Å². The predicted molar refractivity (Wildman–Crippen MR) is 88.5 cm³/mol. The molecule has 0 unspecified atom stereocenters. The molecule has 0 aromatic heterocycles. The third kappa shape index (κ3) is 3.35. The number of urea groups is 1. The van der Waals surface area contributed by atoms with Gasteiger partial charge in [0.1, 0.15) is 0 Å². The molecule has 5 nitrogen and oxygen atoms in total. The second kappa shape index (κ2) is 6.57. The van der Waals surface area contributed by atoms with Gasteiger partial charge in [-0.3, -0.25) is 0 Å². The first kappa shape index (κ1) is 15.2. The van der Waals surface area contributed by atoms with Crippen molar-refractivity contribution in [2.45, 2.75) is 38.6 Å². The molecule has 1 saturated carbocycles. The first-order valence-corrected chi connectivity index (χ1v) is 8.23. The van der Waals surface area contributed by atoms with Gasteiger partial charge in [0, 0.05) is 37.1 Å². The number of carbonyl (C=O) groups excluding carboxylic acids is 1. The Morgan fingerprint density at radius 2 is 2.09 bits per heavy atom. The van der Waals surface area contributed by atoms with Crippen LogP contribution >= 0.6 is 0 Å². The summed E-state index contributed by atoms with van der Waals surface area (Å²) >= 11 is 0. The number of aliphatic hydroxyl groups excluding tert-OH is 1. The van der Waals surface area contributed by atoms with E-state index in [4.69, 9.17) is 5.11 Å². The third-order valence-corrected chi connectivity index (χ3v) is 4.51. The maximum Gasteiger partial charge on any atom is 0.322 e. The molecule has 1 saturated heterocycles. The molecule has 120 valence electrons. The van der Waals surface area contributed by atoms with Crippen LogP contribution in [0, 0.1) is 6.92 Å². The fraction of sp³-hybridized carbons (Fsp3) is 0.588. The molecule has 2 amide bonds. The Balaban J connectivity index is 1.67. The Kier molecular flexibility index (Phi) is 4.52. The number of rotatable bonds is 5. The van der Waals surface area contributed by atoms with Gasteiger partial charge in [0.15, 0.2) is 0 Å². The summed E-state index contributed by atoms with van der Waals surface area (Å²) in [5, 5.41) is 12.1. The van der Waals surface area contributed by atoms with Crippen molar-refractivity contribution in [2.75, 3.05) is 36.5 Å². The van der Waals surface area contributed by atoms with Gasteiger partial charge in [-0.2, -0.15) is 0 Å². The molecule has 2 N–H and O–H groups in total. The fourth-order valence-electron chi connectivity index (χ4n) is 3.09. The number of anilines is 2. The van der Waals surface area contributed by atoms with E-state index in [0.29, 0.717) is 12.6 Å². The number of hydrogen-bond acceptors (Lipinski definition) is 3. The number of hydrogen-bond donors (Lipinski definition) is 2. The van der Waals surface area contributed by atoms with Crippen LogP contribution in [0.25, 0.3) is 0 Å². The first-order valence-electron chi connectivity index (χ1n) is 8.23. The lowest BCUT2D eigenvalue weighted by Crippen LogP contribution is -2.38. The Morgan fingerprint density at radius 3 is 2.68 bits per heavy atom. The second-order valence-electron chi connectivity index (χ2n) is 6.27. The molecule has 0 atom stereocenters. The van der Waals surface area contributed by atoms with Crippen LogP contribution in [0.1, 0.15) is 31.2 Å². The quantitative estimate of drug-likeness (QED) is 0.879. The second-order valence-corrected chi connectivity index (χ2v) is 6.27. The molecule has 1 aliphatic carbocycles. The minimum Gasteiger partial charge on any atom is -0.395 e. The van der Waals surface area contributed by atoms with Gasteiger partial charge in [0.2, 0.25) is 0 Å². The van der Waals surface area contributed by atoms with E-state index >= 15 is 0 Å². The average molecular weight is 303 g/mol. The van der Waals surface area contributed by atoms with E-state index in [1.54, 1.807) is 4.90 Å². The van der Waals surface area contributed by atoms with Gasteiger partial charge >= 0.3 is 6.03 Å². The molecular weight excluding hydrogens is 278 g/mol. The van der Waals surface area contributed by atoms with Crippen molar-refractivity contribution in [3.8, 4) is 0 Å². The van der Waals surface area contributed by atoms with Gasteiger partial charge in [-0.15, -0.1) is 0 Å². The summed E-state index contributed by atoms with van der Waals surface area (Å²) in [4.78, 5) is 16.5. The Bertz CT molecular complexity index is 537. The van der Waals surface area contributed by atoms with Gasteiger partial charge in [-0.25, -0.2) is 4.79 Å². The highest BCUT2D eigenvalue weighted by Crippen LogP contribution is 2.29. The van der Waals surface area contributed by atoms with Crippen LogP contribution in [0.4, 0.5) is 16.2 Å². The Labute approximate surface area is 131 Å². The standard InChI is InChI=1S/C17H25N3O2/c1-13-12-15(19-8-2-3-9-19)6-7-16(13)18-17(22)20(10-11-21)14-4-5-14/h6-7,12,14,21H,2-5,8-11H2,1H3,(H,18,22). The summed E-state index contributed by atoms with van der Waals surface area (Å²) in [6.45, 7) is 4.69. The van der Waals surface area contributed by atoms with Crippen LogP contribution in [0.2, 0.25) is 0 Å². The lowest BCUT2D eigenvalue weighted by atomic mass is 10.1. The minimum absolute atomic E-state index is 0.0107. The maximum atomic E-state index is 12.4. The summed E-state index contributed by atoms with van der Waals surface area (Å²) in [5.41, 5.74) is 3.18. The summed E-state index contributed by atoms with van der Waals surface area (Å²) in [6.07, 6.45) is 4.60. The highest BCUT2D eigenvalue weighted by Gasteiger charge is 2.32. The molecule has 1 aromatic rings. The molecule has 3 rings (SSSR count). The van der Waals surface area contributed by atoms with Crippen LogP contribution in [0.15, 0.2) is 18.2 Å². The molecule has 22 heavy (non-hydrogen) atoms. The highest BCUT2D eigenvalue weighted by atomic mass is 16.3. The Morgan fingerprint density at radius 1 is 1.36 bits per heavy atom. The molecular formula is C17H25N3O2. The first-order chi connectivity index (χ1) is 10.7. The number of amides is 2. The van der Waals surface area contributed by atoms with Gasteiger partial charge in [-0.05, 0) is 56.4 Å². The number of carbonyl (C=O) groups is 1. The van der Waals surface area contributed by atoms with Gasteiger partial charge in [-0.1, -0.05) is 0 Å². The van der Waals surface area contributed by atoms with E-state index in [-0.39, 0.29) is 12.6 Å². The zero-order chi connectivity index (χ0) is 15.5. The number of aliphatic hydroxyl groups is 1. The van der Waals surface area contributed by atoms with Crippen molar-refractivity contribution < 1.29 is 9.90 Å². The van der Waals surface area contributed by atoms with Crippen LogP contribution in [0.3, 0.4) is 0 Å². The van der Waals surface area contributed by atoms with Crippen molar-refractivity contribution in [3.05, 3.63) is 23.8 Å². The Hall–Kier alpha value is -1.75. The highest BCUT2D eigenvalue weighted by molar-refractivity contribution is 5.91.